The summed E-state index contributed by atoms with van der Waals surface area (Å²) >= 11 is 0. The van der Waals surface area contributed by atoms with Crippen LogP contribution in [0.1, 0.15) is 36.8 Å². The molecule has 4 atom stereocenters. The van der Waals surface area contributed by atoms with Gasteiger partial charge in [-0.25, -0.2) is 0 Å². The van der Waals surface area contributed by atoms with Crippen molar-refractivity contribution in [1.82, 2.24) is 26.6 Å². The van der Waals surface area contributed by atoms with Gasteiger partial charge in [-0.15, -0.1) is 0 Å². The van der Waals surface area contributed by atoms with Gasteiger partial charge >= 0.3 is 0 Å². The monoisotopic (exact) mass is 729 g/mol. The predicted molar refractivity (Wildman–Crippen MR) is 200 cm³/mol. The third kappa shape index (κ3) is 12.7. The first-order valence-electron chi connectivity index (χ1n) is 17.2. The number of nitrogens with zero attached hydrogens (tertiary/aromatic N) is 2. The molecule has 0 bridgehead atoms. The molecule has 4 rings (SSSR count). The Balaban J connectivity index is 1.69. The lowest BCUT2D eigenvalue weighted by molar-refractivity contribution is -0.134. The van der Waals surface area contributed by atoms with E-state index in [-0.39, 0.29) is 62.9 Å². The summed E-state index contributed by atoms with van der Waals surface area (Å²) in [5, 5.41) is 25.1. The minimum Gasteiger partial charge on any atom is -0.508 e. The first-order valence-corrected chi connectivity index (χ1v) is 17.2. The maximum atomic E-state index is 14.1. The number of hydrogen-bond acceptors (Lipinski definition) is 8. The summed E-state index contributed by atoms with van der Waals surface area (Å²) in [5.41, 5.74) is 23.2. The van der Waals surface area contributed by atoms with Crippen LogP contribution >= 0.6 is 0 Å². The second-order valence-corrected chi connectivity index (χ2v) is 12.7. The molecular weight excluding hydrogens is 682 g/mol. The van der Waals surface area contributed by atoms with E-state index in [4.69, 9.17) is 22.9 Å². The topological polar surface area (TPSA) is 295 Å². The van der Waals surface area contributed by atoms with Gasteiger partial charge in [0, 0.05) is 25.9 Å². The summed E-state index contributed by atoms with van der Waals surface area (Å²) in [7, 11) is 0. The van der Waals surface area contributed by atoms with Crippen LogP contribution in [0.5, 0.6) is 5.75 Å². The SMILES string of the molecule is NC(N)=NCCC[C@@H]1NC(=O)[C@@H](Cc2ccc3ccccc3c2)NC(=O)[C@@H](CCCN=C(N)N)NC(=O)CNC(=O)[C@@H](Cc2ccc(O)cc2)NC1=O. The number of carbonyl (C=O) groups is 5. The number of fused-ring (bicyclic) bond motifs is 1. The van der Waals surface area contributed by atoms with Crippen molar-refractivity contribution in [2.75, 3.05) is 19.6 Å². The minimum absolute atomic E-state index is 0.00775. The average Bonchev–Trinajstić information content (AvgIpc) is 3.12. The Morgan fingerprint density at radius 3 is 1.70 bits per heavy atom. The number of nitrogens with two attached hydrogens (primary N) is 4. The predicted octanol–water partition coefficient (Wildman–Crippen LogP) is -1.49. The Hall–Kier alpha value is -6.39. The molecule has 0 aromatic heterocycles. The normalized spacial score (nSPS) is 20.0. The van der Waals surface area contributed by atoms with Gasteiger partial charge in [0.25, 0.3) is 0 Å². The molecule has 14 N–H and O–H groups in total. The van der Waals surface area contributed by atoms with Crippen LogP contribution in [-0.2, 0) is 36.8 Å². The summed E-state index contributed by atoms with van der Waals surface area (Å²) in [6.45, 7) is -0.182. The Bertz CT molecular complexity index is 1820. The highest BCUT2D eigenvalue weighted by molar-refractivity contribution is 5.97. The van der Waals surface area contributed by atoms with Crippen molar-refractivity contribution in [3.63, 3.8) is 0 Å². The Kier molecular flexibility index (Phi) is 14.3. The molecule has 1 fully saturated rings. The third-order valence-corrected chi connectivity index (χ3v) is 8.49. The molecule has 1 aliphatic heterocycles. The zero-order chi connectivity index (χ0) is 38.3. The highest BCUT2D eigenvalue weighted by atomic mass is 16.3. The Morgan fingerprint density at radius 1 is 0.604 bits per heavy atom. The van der Waals surface area contributed by atoms with E-state index in [1.807, 2.05) is 42.5 Å². The van der Waals surface area contributed by atoms with E-state index in [1.165, 1.54) is 12.1 Å². The first-order chi connectivity index (χ1) is 25.4. The van der Waals surface area contributed by atoms with Crippen LogP contribution in [-0.4, -0.2) is 90.4 Å². The number of rotatable bonds is 12. The molecule has 0 unspecified atom stereocenters. The van der Waals surface area contributed by atoms with Crippen LogP contribution in [0.2, 0.25) is 0 Å². The lowest BCUT2D eigenvalue weighted by Crippen LogP contribution is -2.58. The molecule has 282 valence electrons. The van der Waals surface area contributed by atoms with E-state index in [0.717, 1.165) is 16.3 Å². The fraction of sp³-hybridized carbons (Fsp3) is 0.361. The Labute approximate surface area is 306 Å². The number of aromatic hydroxyl groups is 1. The molecule has 0 spiro atoms. The van der Waals surface area contributed by atoms with Crippen LogP contribution in [0.3, 0.4) is 0 Å². The van der Waals surface area contributed by atoms with Crippen molar-refractivity contribution in [2.45, 2.75) is 62.7 Å². The van der Waals surface area contributed by atoms with E-state index in [1.54, 1.807) is 12.1 Å². The highest BCUT2D eigenvalue weighted by Crippen LogP contribution is 2.18. The number of phenolic OH excluding ortho intramolecular Hbond substituents is 1. The molecule has 0 saturated carbocycles. The maximum Gasteiger partial charge on any atom is 0.243 e. The molecule has 5 amide bonds. The van der Waals surface area contributed by atoms with E-state index in [2.05, 4.69) is 36.6 Å². The number of hydrogen-bond donors (Lipinski definition) is 10. The second-order valence-electron chi connectivity index (χ2n) is 12.7. The fourth-order valence-electron chi connectivity index (χ4n) is 5.79. The molecule has 3 aromatic rings. The summed E-state index contributed by atoms with van der Waals surface area (Å²) in [6, 6.07) is 14.7. The zero-order valence-electron chi connectivity index (χ0n) is 29.2. The van der Waals surface area contributed by atoms with Crippen LogP contribution in [0.25, 0.3) is 10.8 Å². The highest BCUT2D eigenvalue weighted by Gasteiger charge is 2.32. The van der Waals surface area contributed by atoms with Crippen molar-refractivity contribution in [3.05, 3.63) is 77.9 Å². The first kappa shape index (κ1) is 39.4. The van der Waals surface area contributed by atoms with Crippen molar-refractivity contribution in [2.24, 2.45) is 32.9 Å². The van der Waals surface area contributed by atoms with Crippen molar-refractivity contribution in [3.8, 4) is 5.75 Å². The number of amides is 5. The van der Waals surface area contributed by atoms with Crippen LogP contribution in [0.4, 0.5) is 0 Å². The summed E-state index contributed by atoms with van der Waals surface area (Å²) in [6.07, 6.45) is 0.795. The van der Waals surface area contributed by atoms with Crippen molar-refractivity contribution in [1.29, 1.82) is 0 Å². The van der Waals surface area contributed by atoms with Gasteiger partial charge in [0.2, 0.25) is 29.5 Å². The van der Waals surface area contributed by atoms with E-state index in [9.17, 15) is 29.1 Å². The standard InChI is InChI=1S/C36H47N11O6/c37-35(38)41-15-3-7-26-32(51)47-29(19-22-9-12-23-5-1-2-6-24(23)17-22)34(53)45-27(8-4-16-42-36(39)40)33(52)46-28(31(50)43-20-30(49)44-26)18-21-10-13-25(48)14-11-21/h1-2,5-6,9-14,17,26-29,48H,3-4,7-8,15-16,18-20H2,(H,43,50)(H,44,49)(H,45,53)(H,46,52)(H,47,51)(H4,37,38,41)(H4,39,40,42)/t26-,27+,28-,29-/m1/s1. The van der Waals surface area contributed by atoms with Gasteiger partial charge in [-0.2, -0.15) is 0 Å². The number of benzene rings is 3. The molecule has 53 heavy (non-hydrogen) atoms. The third-order valence-electron chi connectivity index (χ3n) is 8.49. The van der Waals surface area contributed by atoms with Crippen LogP contribution in [0.15, 0.2) is 76.7 Å². The largest absolute Gasteiger partial charge is 0.508 e. The number of guanidine groups is 2. The van der Waals surface area contributed by atoms with Gasteiger partial charge < -0.3 is 54.6 Å². The molecule has 1 aliphatic rings. The molecule has 17 heteroatoms. The number of nitrogens with one attached hydrogen (secondary N) is 5. The van der Waals surface area contributed by atoms with E-state index < -0.39 is 60.2 Å². The molecule has 0 aliphatic carbocycles. The van der Waals surface area contributed by atoms with Gasteiger partial charge in [-0.05, 0) is 59.7 Å². The van der Waals surface area contributed by atoms with Gasteiger partial charge in [0.1, 0.15) is 29.9 Å². The number of carbonyl (C=O) groups excluding carboxylic acids is 5. The smallest absolute Gasteiger partial charge is 0.243 e. The van der Waals surface area contributed by atoms with Gasteiger partial charge in [0.05, 0.1) is 6.54 Å². The molecule has 0 radical (unpaired) electrons. The van der Waals surface area contributed by atoms with Crippen molar-refractivity contribution >= 4 is 52.2 Å². The average molecular weight is 730 g/mol. The van der Waals surface area contributed by atoms with Crippen molar-refractivity contribution < 1.29 is 29.1 Å². The Morgan fingerprint density at radius 2 is 1.09 bits per heavy atom. The summed E-state index contributed by atoms with van der Waals surface area (Å²) in [5.74, 6) is -3.65. The van der Waals surface area contributed by atoms with E-state index in [0.29, 0.717) is 12.0 Å². The summed E-state index contributed by atoms with van der Waals surface area (Å²) in [4.78, 5) is 76.4. The van der Waals surface area contributed by atoms with E-state index >= 15 is 0 Å². The van der Waals surface area contributed by atoms with Gasteiger partial charge in [-0.1, -0.05) is 54.6 Å². The quantitative estimate of drug-likeness (QED) is 0.0585. The summed E-state index contributed by atoms with van der Waals surface area (Å²) < 4.78 is 0. The minimum atomic E-state index is -1.19. The van der Waals surface area contributed by atoms with Crippen LogP contribution in [0, 0.1) is 0 Å². The molecule has 1 heterocycles. The lowest BCUT2D eigenvalue weighted by atomic mass is 9.99. The van der Waals surface area contributed by atoms with Gasteiger partial charge in [-0.3, -0.25) is 34.0 Å². The molecule has 1 saturated heterocycles. The van der Waals surface area contributed by atoms with Crippen LogP contribution < -0.4 is 49.5 Å². The maximum absolute atomic E-state index is 14.1. The molecular formula is C36H47N11O6. The zero-order valence-corrected chi connectivity index (χ0v) is 29.2. The van der Waals surface area contributed by atoms with Gasteiger partial charge in [0.15, 0.2) is 11.9 Å². The number of phenols is 1. The number of aliphatic imine (C=N–C) groups is 2. The fourth-order valence-corrected chi connectivity index (χ4v) is 5.79. The molecule has 17 nitrogen and oxygen atoms in total. The molecule has 3 aromatic carbocycles. The lowest BCUT2D eigenvalue weighted by Gasteiger charge is -2.26. The second kappa shape index (κ2) is 19.3.